The maximum atomic E-state index is 12.6. The van der Waals surface area contributed by atoms with Gasteiger partial charge in [-0.15, -0.1) is 0 Å². The second-order valence-electron chi connectivity index (χ2n) is 7.81. The molecule has 5 nitrogen and oxygen atoms in total. The summed E-state index contributed by atoms with van der Waals surface area (Å²) >= 11 is 0. The van der Waals surface area contributed by atoms with Gasteiger partial charge in [0.1, 0.15) is 6.04 Å². The predicted molar refractivity (Wildman–Crippen MR) is 87.9 cm³/mol. The maximum Gasteiger partial charge on any atom is 0.244 e. The fourth-order valence-electron chi connectivity index (χ4n) is 3.95. The van der Waals surface area contributed by atoms with Crippen molar-refractivity contribution in [3.63, 3.8) is 0 Å². The average Bonchev–Trinajstić information content (AvgIpc) is 3.34. The van der Waals surface area contributed by atoms with Crippen molar-refractivity contribution in [3.05, 3.63) is 0 Å². The average molecular weight is 322 g/mol. The van der Waals surface area contributed by atoms with Gasteiger partial charge < -0.3 is 15.0 Å². The Morgan fingerprint density at radius 1 is 1.26 bits per heavy atom. The first-order chi connectivity index (χ1) is 11.1. The first-order valence-corrected chi connectivity index (χ1v) is 9.24. The molecule has 3 rings (SSSR count). The Morgan fingerprint density at radius 2 is 2.00 bits per heavy atom. The molecule has 3 fully saturated rings. The summed E-state index contributed by atoms with van der Waals surface area (Å²) in [6, 6.07) is -0.431. The highest BCUT2D eigenvalue weighted by Crippen LogP contribution is 2.47. The van der Waals surface area contributed by atoms with Gasteiger partial charge in [-0.25, -0.2) is 0 Å². The van der Waals surface area contributed by atoms with Crippen LogP contribution in [-0.4, -0.2) is 49.1 Å². The Bertz CT molecular complexity index is 442. The quantitative estimate of drug-likeness (QED) is 0.862. The van der Waals surface area contributed by atoms with Crippen LogP contribution in [0.15, 0.2) is 0 Å². The molecule has 1 atom stereocenters. The van der Waals surface area contributed by atoms with Gasteiger partial charge in [-0.05, 0) is 38.5 Å². The predicted octanol–water partition coefficient (Wildman–Crippen LogP) is 2.10. The van der Waals surface area contributed by atoms with Gasteiger partial charge in [0.25, 0.3) is 0 Å². The van der Waals surface area contributed by atoms with E-state index in [2.05, 4.69) is 5.32 Å². The second kappa shape index (κ2) is 7.20. The van der Waals surface area contributed by atoms with E-state index in [0.717, 1.165) is 38.8 Å². The highest BCUT2D eigenvalue weighted by Gasteiger charge is 2.46. The van der Waals surface area contributed by atoms with E-state index in [1.807, 2.05) is 11.8 Å². The molecule has 0 aromatic heterocycles. The number of carbonyl (C=O) groups is 2. The van der Waals surface area contributed by atoms with Gasteiger partial charge in [-0.2, -0.15) is 0 Å². The minimum atomic E-state index is -0.431. The molecule has 0 unspecified atom stereocenters. The van der Waals surface area contributed by atoms with E-state index in [9.17, 15) is 9.59 Å². The molecule has 23 heavy (non-hydrogen) atoms. The van der Waals surface area contributed by atoms with E-state index < -0.39 is 6.04 Å². The molecule has 3 aliphatic rings. The number of carbonyl (C=O) groups excluding carboxylic acids is 2. The summed E-state index contributed by atoms with van der Waals surface area (Å²) in [5.74, 6) is 0.580. The molecule has 0 radical (unpaired) electrons. The zero-order valence-electron chi connectivity index (χ0n) is 14.3. The van der Waals surface area contributed by atoms with Crippen LogP contribution in [0, 0.1) is 11.3 Å². The molecule has 2 amide bonds. The summed E-state index contributed by atoms with van der Waals surface area (Å²) in [4.78, 5) is 26.8. The largest absolute Gasteiger partial charge is 0.379 e. The van der Waals surface area contributed by atoms with Crippen molar-refractivity contribution in [2.24, 2.45) is 11.3 Å². The van der Waals surface area contributed by atoms with Crippen molar-refractivity contribution < 1.29 is 14.3 Å². The lowest BCUT2D eigenvalue weighted by molar-refractivity contribution is -0.136. The molecule has 1 saturated heterocycles. The number of ether oxygens (including phenoxy) is 1. The number of hydrogen-bond acceptors (Lipinski definition) is 3. The van der Waals surface area contributed by atoms with Crippen LogP contribution < -0.4 is 5.32 Å². The van der Waals surface area contributed by atoms with E-state index >= 15 is 0 Å². The molecular weight excluding hydrogens is 292 g/mol. The molecule has 2 aliphatic carbocycles. The zero-order chi connectivity index (χ0) is 16.3. The number of rotatable bonds is 4. The third kappa shape index (κ3) is 4.46. The van der Waals surface area contributed by atoms with Crippen LogP contribution in [0.25, 0.3) is 0 Å². The molecule has 1 heterocycles. The fourth-order valence-corrected chi connectivity index (χ4v) is 3.95. The van der Waals surface area contributed by atoms with Crippen molar-refractivity contribution in [3.8, 4) is 0 Å². The Kier molecular flexibility index (Phi) is 5.24. The molecule has 1 spiro atoms. The van der Waals surface area contributed by atoms with Gasteiger partial charge in [0.2, 0.25) is 11.8 Å². The summed E-state index contributed by atoms with van der Waals surface area (Å²) in [5.41, 5.74) is 0.206. The van der Waals surface area contributed by atoms with Crippen LogP contribution in [0.5, 0.6) is 0 Å². The Morgan fingerprint density at radius 3 is 2.70 bits per heavy atom. The monoisotopic (exact) mass is 322 g/mol. The molecule has 130 valence electrons. The van der Waals surface area contributed by atoms with Gasteiger partial charge in [-0.1, -0.05) is 19.3 Å². The Labute approximate surface area is 139 Å². The third-order valence-electron chi connectivity index (χ3n) is 5.66. The molecule has 0 aromatic rings. The van der Waals surface area contributed by atoms with Gasteiger partial charge in [0.15, 0.2) is 0 Å². The normalized spacial score (nSPS) is 25.7. The highest BCUT2D eigenvalue weighted by molar-refractivity contribution is 5.87. The number of nitrogens with one attached hydrogen (secondary N) is 1. The van der Waals surface area contributed by atoms with E-state index in [4.69, 9.17) is 4.74 Å². The number of nitrogens with zero attached hydrogens (tertiary/aromatic N) is 1. The summed E-state index contributed by atoms with van der Waals surface area (Å²) in [6.45, 7) is 4.62. The van der Waals surface area contributed by atoms with Crippen LogP contribution in [0.2, 0.25) is 0 Å². The maximum absolute atomic E-state index is 12.6. The van der Waals surface area contributed by atoms with Gasteiger partial charge >= 0.3 is 0 Å². The van der Waals surface area contributed by atoms with Crippen LogP contribution in [-0.2, 0) is 14.3 Å². The van der Waals surface area contributed by atoms with E-state index in [-0.39, 0.29) is 17.2 Å². The van der Waals surface area contributed by atoms with E-state index in [1.54, 1.807) is 0 Å². The van der Waals surface area contributed by atoms with Crippen molar-refractivity contribution >= 4 is 11.8 Å². The third-order valence-corrected chi connectivity index (χ3v) is 5.66. The number of amides is 2. The summed E-state index contributed by atoms with van der Waals surface area (Å²) in [7, 11) is 0. The lowest BCUT2D eigenvalue weighted by Crippen LogP contribution is -2.49. The topological polar surface area (TPSA) is 58.6 Å². The minimum absolute atomic E-state index is 0.0324. The van der Waals surface area contributed by atoms with E-state index in [0.29, 0.717) is 25.5 Å². The smallest absolute Gasteiger partial charge is 0.244 e. The lowest BCUT2D eigenvalue weighted by atomic mass is 9.87. The van der Waals surface area contributed by atoms with Crippen LogP contribution in [0.4, 0.5) is 0 Å². The summed E-state index contributed by atoms with van der Waals surface area (Å²) < 4.78 is 5.63. The van der Waals surface area contributed by atoms with Crippen LogP contribution in [0.1, 0.15) is 58.3 Å². The van der Waals surface area contributed by atoms with E-state index in [1.165, 1.54) is 19.3 Å². The SMILES string of the molecule is C[C@@H](NC(=O)CC1CCCCC1)C(=O)N1CCOCC2(CC2)C1. The second-order valence-corrected chi connectivity index (χ2v) is 7.81. The first kappa shape index (κ1) is 16.7. The van der Waals surface area contributed by atoms with Gasteiger partial charge in [0.05, 0.1) is 13.2 Å². The molecule has 0 aromatic carbocycles. The molecule has 5 heteroatoms. The highest BCUT2D eigenvalue weighted by atomic mass is 16.5. The standard InChI is InChI=1S/C18H30N2O3/c1-14(19-16(21)11-15-5-3-2-4-6-15)17(22)20-9-10-23-13-18(12-20)7-8-18/h14-15H,2-13H2,1H3,(H,19,21)/t14-/m1/s1. The fraction of sp³-hybridized carbons (Fsp3) is 0.889. The van der Waals surface area contributed by atoms with Crippen molar-refractivity contribution in [1.82, 2.24) is 10.2 Å². The number of hydrogen-bond donors (Lipinski definition) is 1. The molecule has 0 bridgehead atoms. The van der Waals surface area contributed by atoms with Crippen molar-refractivity contribution in [2.75, 3.05) is 26.3 Å². The summed E-state index contributed by atoms with van der Waals surface area (Å²) in [5, 5.41) is 2.92. The Balaban J connectivity index is 1.47. The summed E-state index contributed by atoms with van der Waals surface area (Å²) in [6.07, 6.45) is 8.96. The Hall–Kier alpha value is -1.10. The zero-order valence-corrected chi connectivity index (χ0v) is 14.3. The van der Waals surface area contributed by atoms with Gasteiger partial charge in [-0.3, -0.25) is 9.59 Å². The molecule has 1 aliphatic heterocycles. The van der Waals surface area contributed by atoms with Crippen molar-refractivity contribution in [2.45, 2.75) is 64.3 Å². The molecule has 1 N–H and O–H groups in total. The molecule has 2 saturated carbocycles. The lowest BCUT2D eigenvalue weighted by Gasteiger charge is -2.27. The van der Waals surface area contributed by atoms with Gasteiger partial charge in [0, 0.05) is 24.9 Å². The first-order valence-electron chi connectivity index (χ1n) is 9.24. The molecular formula is C18H30N2O3. The van der Waals surface area contributed by atoms with Crippen molar-refractivity contribution in [1.29, 1.82) is 0 Å². The minimum Gasteiger partial charge on any atom is -0.379 e. The van der Waals surface area contributed by atoms with Crippen LogP contribution in [0.3, 0.4) is 0 Å². The van der Waals surface area contributed by atoms with Crippen LogP contribution >= 0.6 is 0 Å².